The lowest BCUT2D eigenvalue weighted by molar-refractivity contribution is 0.00578. The van der Waals surface area contributed by atoms with Crippen molar-refractivity contribution in [2.45, 2.75) is 58.2 Å². The highest BCUT2D eigenvalue weighted by Gasteiger charge is 2.52. The zero-order valence-corrected chi connectivity index (χ0v) is 15.6. The molecule has 0 unspecified atom stereocenters. The normalized spacial score (nSPS) is 24.8. The van der Waals surface area contributed by atoms with Crippen LogP contribution in [0.5, 0.6) is 0 Å². The number of hydrogen-bond donors (Lipinski definition) is 0. The largest absolute Gasteiger partial charge is 0.497 e. The fourth-order valence-electron chi connectivity index (χ4n) is 2.95. The fourth-order valence-corrected chi connectivity index (χ4v) is 5.15. The van der Waals surface area contributed by atoms with Crippen LogP contribution in [0.25, 0.3) is 0 Å². The summed E-state index contributed by atoms with van der Waals surface area (Å²) in [6.45, 7) is 7.73. The Labute approximate surface area is 144 Å². The molecule has 2 aliphatic heterocycles. The molecule has 2 saturated heterocycles. The molecule has 2 heterocycles. The van der Waals surface area contributed by atoms with E-state index in [1.807, 2.05) is 27.7 Å². The number of hydrogen-bond acceptors (Lipinski definition) is 4. The summed E-state index contributed by atoms with van der Waals surface area (Å²) in [5, 5.41) is 0. The number of nitrogens with zero attached hydrogens (tertiary/aromatic N) is 1. The minimum atomic E-state index is -2.23. The van der Waals surface area contributed by atoms with E-state index in [1.165, 1.54) is 6.07 Å². The van der Waals surface area contributed by atoms with E-state index in [0.29, 0.717) is 22.7 Å². The molecular formula is C17H25BFNO3S. The van der Waals surface area contributed by atoms with E-state index in [4.69, 9.17) is 9.31 Å². The summed E-state index contributed by atoms with van der Waals surface area (Å²) < 4.78 is 43.4. The van der Waals surface area contributed by atoms with Gasteiger partial charge in [-0.15, -0.1) is 0 Å². The van der Waals surface area contributed by atoms with E-state index in [0.717, 1.165) is 19.3 Å². The molecule has 1 aromatic carbocycles. The van der Waals surface area contributed by atoms with Gasteiger partial charge in [0.25, 0.3) is 0 Å². The molecule has 3 rings (SSSR count). The van der Waals surface area contributed by atoms with Gasteiger partial charge in [0.2, 0.25) is 0 Å². The number of benzene rings is 1. The monoisotopic (exact) mass is 353 g/mol. The Bertz CT molecular complexity index is 728. The molecule has 2 aliphatic rings. The molecular weight excluding hydrogens is 328 g/mol. The number of rotatable bonds is 2. The molecule has 0 bridgehead atoms. The highest BCUT2D eigenvalue weighted by Crippen LogP contribution is 2.36. The van der Waals surface area contributed by atoms with Gasteiger partial charge in [-0.05, 0) is 52.7 Å². The molecule has 132 valence electrons. The van der Waals surface area contributed by atoms with Crippen LogP contribution in [0.3, 0.4) is 0 Å². The van der Waals surface area contributed by atoms with Crippen molar-refractivity contribution in [1.82, 2.24) is 0 Å². The molecule has 0 aromatic heterocycles. The Balaban J connectivity index is 1.86. The first-order valence-corrected chi connectivity index (χ1v) is 10.3. The molecule has 0 radical (unpaired) electrons. The highest BCUT2D eigenvalue weighted by atomic mass is 32.2. The average molecular weight is 353 g/mol. The van der Waals surface area contributed by atoms with Gasteiger partial charge in [0, 0.05) is 17.0 Å². The summed E-state index contributed by atoms with van der Waals surface area (Å²) in [4.78, 5) is 0. The van der Waals surface area contributed by atoms with E-state index < -0.39 is 33.9 Å². The van der Waals surface area contributed by atoms with Gasteiger partial charge in [0.15, 0.2) is 0 Å². The Morgan fingerprint density at radius 1 is 1.08 bits per heavy atom. The Hall–Kier alpha value is -0.915. The van der Waals surface area contributed by atoms with Crippen LogP contribution in [0.4, 0.5) is 10.1 Å². The molecule has 2 fully saturated rings. The van der Waals surface area contributed by atoms with Crippen molar-refractivity contribution in [3.05, 3.63) is 24.0 Å². The third-order valence-corrected chi connectivity index (χ3v) is 7.59. The quantitative estimate of drug-likeness (QED) is 0.766. The third-order valence-electron chi connectivity index (χ3n) is 5.19. The highest BCUT2D eigenvalue weighted by molar-refractivity contribution is 7.93. The van der Waals surface area contributed by atoms with Gasteiger partial charge in [0.05, 0.1) is 26.6 Å². The van der Waals surface area contributed by atoms with Crippen LogP contribution in [0, 0.1) is 5.82 Å². The van der Waals surface area contributed by atoms with Crippen molar-refractivity contribution < 1.29 is 17.9 Å². The lowest BCUT2D eigenvalue weighted by Gasteiger charge is -2.32. The van der Waals surface area contributed by atoms with Crippen molar-refractivity contribution in [2.75, 3.05) is 11.5 Å². The molecule has 0 amide bonds. The van der Waals surface area contributed by atoms with Gasteiger partial charge in [-0.1, -0.05) is 12.5 Å². The summed E-state index contributed by atoms with van der Waals surface area (Å²) in [6, 6.07) is 4.66. The van der Waals surface area contributed by atoms with E-state index in [-0.39, 0.29) is 0 Å². The summed E-state index contributed by atoms with van der Waals surface area (Å²) >= 11 is 0. The van der Waals surface area contributed by atoms with Crippen molar-refractivity contribution in [1.29, 1.82) is 0 Å². The molecule has 0 saturated carbocycles. The van der Waals surface area contributed by atoms with Gasteiger partial charge in [-0.25, -0.2) is 8.60 Å². The van der Waals surface area contributed by atoms with Crippen LogP contribution in [-0.2, 0) is 19.0 Å². The molecule has 4 nitrogen and oxygen atoms in total. The van der Waals surface area contributed by atoms with Gasteiger partial charge >= 0.3 is 7.12 Å². The molecule has 7 heteroatoms. The standard InChI is InChI=1S/C17H25BFNO3S/c1-16(2)17(3,4)23-18(22-16)14-9-8-13(12-15(14)19)20-24(21)10-6-5-7-11-24/h8-9,12H,5-7,10-11H2,1-4H3. The van der Waals surface area contributed by atoms with Crippen LogP contribution in [0.2, 0.25) is 0 Å². The zero-order valence-electron chi connectivity index (χ0n) is 14.8. The topological polar surface area (TPSA) is 47.9 Å². The maximum Gasteiger partial charge on any atom is 0.497 e. The lowest BCUT2D eigenvalue weighted by Crippen LogP contribution is -2.41. The summed E-state index contributed by atoms with van der Waals surface area (Å²) in [5.74, 6) is 0.773. The van der Waals surface area contributed by atoms with Gasteiger partial charge < -0.3 is 9.31 Å². The van der Waals surface area contributed by atoms with Crippen LogP contribution in [0.15, 0.2) is 22.6 Å². The Morgan fingerprint density at radius 3 is 2.21 bits per heavy atom. The first-order valence-electron chi connectivity index (χ1n) is 8.50. The first-order chi connectivity index (χ1) is 11.1. The predicted octanol–water partition coefficient (Wildman–Crippen LogP) is 3.41. The van der Waals surface area contributed by atoms with E-state index in [2.05, 4.69) is 4.36 Å². The second-order valence-electron chi connectivity index (χ2n) is 7.63. The zero-order chi connectivity index (χ0) is 17.6. The van der Waals surface area contributed by atoms with Crippen molar-refractivity contribution in [3.63, 3.8) is 0 Å². The maximum absolute atomic E-state index is 14.6. The third kappa shape index (κ3) is 3.39. The second-order valence-corrected chi connectivity index (χ2v) is 10.2. The summed E-state index contributed by atoms with van der Waals surface area (Å²) in [6.07, 6.45) is 2.95. The molecule has 0 aliphatic carbocycles. The predicted molar refractivity (Wildman–Crippen MR) is 95.9 cm³/mol. The van der Waals surface area contributed by atoms with Crippen molar-refractivity contribution >= 4 is 28.0 Å². The second kappa shape index (κ2) is 6.11. The maximum atomic E-state index is 14.6. The molecule has 0 atom stereocenters. The fraction of sp³-hybridized carbons (Fsp3) is 0.647. The lowest BCUT2D eigenvalue weighted by atomic mass is 9.78. The first kappa shape index (κ1) is 17.9. The molecule has 24 heavy (non-hydrogen) atoms. The molecule has 0 spiro atoms. The number of halogens is 1. The summed E-state index contributed by atoms with van der Waals surface area (Å²) in [7, 11) is -2.98. The SMILES string of the molecule is CC1(C)OB(c2ccc(N=S3(=O)CCCCC3)cc2F)OC1(C)C. The summed E-state index contributed by atoms with van der Waals surface area (Å²) in [5.41, 5.74) is -0.248. The van der Waals surface area contributed by atoms with Crippen LogP contribution in [-0.4, -0.2) is 34.0 Å². The van der Waals surface area contributed by atoms with Gasteiger partial charge in [-0.2, -0.15) is 4.36 Å². The average Bonchev–Trinajstić information content (AvgIpc) is 2.67. The van der Waals surface area contributed by atoms with Crippen molar-refractivity contribution in [2.24, 2.45) is 4.36 Å². The van der Waals surface area contributed by atoms with E-state index in [1.54, 1.807) is 12.1 Å². The molecule has 1 aromatic rings. The van der Waals surface area contributed by atoms with Crippen LogP contribution in [0.1, 0.15) is 47.0 Å². The van der Waals surface area contributed by atoms with Crippen molar-refractivity contribution in [3.8, 4) is 0 Å². The Morgan fingerprint density at radius 2 is 1.67 bits per heavy atom. The van der Waals surface area contributed by atoms with Gasteiger partial charge in [-0.3, -0.25) is 0 Å². The minimum absolute atomic E-state index is 0.353. The minimum Gasteiger partial charge on any atom is -0.399 e. The Kier molecular flexibility index (Phi) is 4.56. The van der Waals surface area contributed by atoms with Gasteiger partial charge in [0.1, 0.15) is 5.82 Å². The van der Waals surface area contributed by atoms with Crippen LogP contribution >= 0.6 is 0 Å². The van der Waals surface area contributed by atoms with E-state index in [9.17, 15) is 8.60 Å². The smallest absolute Gasteiger partial charge is 0.399 e. The molecule has 0 N–H and O–H groups in total. The van der Waals surface area contributed by atoms with Crippen LogP contribution < -0.4 is 5.46 Å². The van der Waals surface area contributed by atoms with E-state index >= 15 is 0 Å².